The van der Waals surface area contributed by atoms with Crippen LogP contribution in [0, 0.1) is 0 Å². The van der Waals surface area contributed by atoms with Gasteiger partial charge in [0.1, 0.15) is 17.1 Å². The van der Waals surface area contributed by atoms with Gasteiger partial charge in [-0.2, -0.15) is 5.10 Å². The Morgan fingerprint density at radius 3 is 2.44 bits per heavy atom. The van der Waals surface area contributed by atoms with Crippen LogP contribution in [0.5, 0.6) is 11.5 Å². The van der Waals surface area contributed by atoms with E-state index >= 15 is 0 Å². The van der Waals surface area contributed by atoms with Gasteiger partial charge in [-0.3, -0.25) is 0 Å². The van der Waals surface area contributed by atoms with Crippen LogP contribution in [0.3, 0.4) is 0 Å². The predicted octanol–water partition coefficient (Wildman–Crippen LogP) is 4.73. The normalized spacial score (nSPS) is 12.0. The molecule has 3 rings (SSSR count). The molecule has 1 aromatic carbocycles. The summed E-state index contributed by atoms with van der Waals surface area (Å²) in [6.45, 7) is 10.4. The summed E-state index contributed by atoms with van der Waals surface area (Å²) in [5.74, 6) is 2.65. The molecule has 0 radical (unpaired) electrons. The first kappa shape index (κ1) is 17.3. The van der Waals surface area contributed by atoms with Crippen molar-refractivity contribution < 1.29 is 9.47 Å². The number of aromatic nitrogens is 3. The summed E-state index contributed by atoms with van der Waals surface area (Å²) < 4.78 is 13.3. The number of hydrogen-bond donors (Lipinski definition) is 0. The Hall–Kier alpha value is -2.56. The fraction of sp³-hybridized carbons (Fsp3) is 0.400. The molecule has 0 saturated carbocycles. The average Bonchev–Trinajstić information content (AvgIpc) is 3.03. The lowest BCUT2D eigenvalue weighted by molar-refractivity contribution is 0.133. The van der Waals surface area contributed by atoms with Crippen LogP contribution >= 0.6 is 0 Å². The van der Waals surface area contributed by atoms with Crippen LogP contribution < -0.4 is 9.47 Å². The molecule has 0 N–H and O–H groups in total. The molecular weight excluding hydrogens is 314 g/mol. The van der Waals surface area contributed by atoms with Crippen molar-refractivity contribution in [2.24, 2.45) is 0 Å². The Labute approximate surface area is 148 Å². The van der Waals surface area contributed by atoms with Crippen molar-refractivity contribution >= 4 is 10.9 Å². The highest BCUT2D eigenvalue weighted by Crippen LogP contribution is 2.32. The quantitative estimate of drug-likeness (QED) is 0.689. The molecule has 0 saturated heterocycles. The van der Waals surface area contributed by atoms with Gasteiger partial charge in [-0.1, -0.05) is 13.8 Å². The maximum atomic E-state index is 6.18. The van der Waals surface area contributed by atoms with Gasteiger partial charge in [0.25, 0.3) is 0 Å². The Kier molecular flexibility index (Phi) is 4.41. The van der Waals surface area contributed by atoms with Gasteiger partial charge in [-0.15, -0.1) is 0 Å². The molecule has 2 aromatic heterocycles. The van der Waals surface area contributed by atoms with Gasteiger partial charge in [0.05, 0.1) is 18.3 Å². The van der Waals surface area contributed by atoms with E-state index in [2.05, 4.69) is 18.9 Å². The minimum atomic E-state index is -0.307. The first-order valence-electron chi connectivity index (χ1n) is 8.50. The van der Waals surface area contributed by atoms with E-state index in [1.54, 1.807) is 11.8 Å². The number of ether oxygens (including phenoxy) is 2. The van der Waals surface area contributed by atoms with Gasteiger partial charge in [-0.05, 0) is 44.9 Å². The van der Waals surface area contributed by atoms with E-state index in [0.29, 0.717) is 5.92 Å². The van der Waals surface area contributed by atoms with Crippen LogP contribution in [0.4, 0.5) is 0 Å². The molecule has 0 bridgehead atoms. The van der Waals surface area contributed by atoms with Gasteiger partial charge < -0.3 is 9.47 Å². The second-order valence-corrected chi connectivity index (χ2v) is 7.42. The van der Waals surface area contributed by atoms with Crippen LogP contribution in [-0.4, -0.2) is 27.5 Å². The third kappa shape index (κ3) is 3.76. The van der Waals surface area contributed by atoms with E-state index in [1.165, 1.54) is 0 Å². The zero-order valence-electron chi connectivity index (χ0n) is 15.7. The Balaban J connectivity index is 2.17. The van der Waals surface area contributed by atoms with Crippen molar-refractivity contribution in [2.45, 2.75) is 46.1 Å². The number of nitrogens with zero attached hydrogens (tertiary/aromatic N) is 3. The van der Waals surface area contributed by atoms with E-state index in [1.807, 2.05) is 57.3 Å². The molecule has 0 fully saturated rings. The van der Waals surface area contributed by atoms with E-state index in [0.717, 1.165) is 33.9 Å². The number of rotatable bonds is 4. The Morgan fingerprint density at radius 2 is 1.84 bits per heavy atom. The lowest BCUT2D eigenvalue weighted by atomic mass is 10.1. The number of fused-ring (bicyclic) bond motifs is 1. The Morgan fingerprint density at radius 1 is 1.08 bits per heavy atom. The highest BCUT2D eigenvalue weighted by molar-refractivity contribution is 5.87. The van der Waals surface area contributed by atoms with Crippen LogP contribution in [0.25, 0.3) is 16.7 Å². The lowest BCUT2D eigenvalue weighted by Crippen LogP contribution is -2.23. The lowest BCUT2D eigenvalue weighted by Gasteiger charge is -2.23. The van der Waals surface area contributed by atoms with Gasteiger partial charge >= 0.3 is 0 Å². The SMILES string of the molecule is COc1ccc2c(OC(C)(C)C)cc(-n3ccc(C(C)C)n3)nc2c1. The zero-order valence-corrected chi connectivity index (χ0v) is 15.7. The summed E-state index contributed by atoms with van der Waals surface area (Å²) in [6.07, 6.45) is 1.94. The first-order chi connectivity index (χ1) is 11.8. The Bertz CT molecular complexity index is 892. The van der Waals surface area contributed by atoms with E-state index in [9.17, 15) is 0 Å². The van der Waals surface area contributed by atoms with Gasteiger partial charge in [0.15, 0.2) is 5.82 Å². The van der Waals surface area contributed by atoms with Crippen molar-refractivity contribution in [1.29, 1.82) is 0 Å². The molecule has 0 aliphatic heterocycles. The van der Waals surface area contributed by atoms with E-state index in [4.69, 9.17) is 14.5 Å². The molecule has 0 spiro atoms. The first-order valence-corrected chi connectivity index (χ1v) is 8.50. The monoisotopic (exact) mass is 339 g/mol. The average molecular weight is 339 g/mol. The molecule has 5 nitrogen and oxygen atoms in total. The van der Waals surface area contributed by atoms with Crippen molar-refractivity contribution in [2.75, 3.05) is 7.11 Å². The van der Waals surface area contributed by atoms with Gasteiger partial charge in [-0.25, -0.2) is 9.67 Å². The van der Waals surface area contributed by atoms with Gasteiger partial charge in [0, 0.05) is 23.7 Å². The summed E-state index contributed by atoms with van der Waals surface area (Å²) in [4.78, 5) is 4.76. The molecule has 5 heteroatoms. The number of hydrogen-bond acceptors (Lipinski definition) is 4. The fourth-order valence-electron chi connectivity index (χ4n) is 2.60. The molecule has 2 heterocycles. The minimum Gasteiger partial charge on any atom is -0.497 e. The molecule has 3 aromatic rings. The third-order valence-electron chi connectivity index (χ3n) is 3.82. The molecule has 0 atom stereocenters. The largest absolute Gasteiger partial charge is 0.497 e. The minimum absolute atomic E-state index is 0.307. The molecule has 132 valence electrons. The second kappa shape index (κ2) is 6.39. The maximum absolute atomic E-state index is 6.18. The summed E-state index contributed by atoms with van der Waals surface area (Å²) in [6, 6.07) is 9.78. The van der Waals surface area contributed by atoms with Crippen molar-refractivity contribution in [3.8, 4) is 17.3 Å². The molecule has 0 unspecified atom stereocenters. The maximum Gasteiger partial charge on any atom is 0.157 e. The molecule has 0 aliphatic carbocycles. The third-order valence-corrected chi connectivity index (χ3v) is 3.82. The van der Waals surface area contributed by atoms with Crippen molar-refractivity contribution in [1.82, 2.24) is 14.8 Å². The van der Waals surface area contributed by atoms with Crippen molar-refractivity contribution in [3.63, 3.8) is 0 Å². The number of pyridine rings is 1. The molecular formula is C20H25N3O2. The highest BCUT2D eigenvalue weighted by atomic mass is 16.5. The summed E-state index contributed by atoms with van der Waals surface area (Å²) >= 11 is 0. The van der Waals surface area contributed by atoms with Crippen LogP contribution in [0.15, 0.2) is 36.5 Å². The second-order valence-electron chi connectivity index (χ2n) is 7.42. The molecule has 25 heavy (non-hydrogen) atoms. The topological polar surface area (TPSA) is 49.2 Å². The number of methoxy groups -OCH3 is 1. The van der Waals surface area contributed by atoms with Crippen LogP contribution in [-0.2, 0) is 0 Å². The van der Waals surface area contributed by atoms with E-state index < -0.39 is 0 Å². The van der Waals surface area contributed by atoms with E-state index in [-0.39, 0.29) is 5.60 Å². The number of benzene rings is 1. The summed E-state index contributed by atoms with van der Waals surface area (Å²) in [7, 11) is 1.65. The zero-order chi connectivity index (χ0) is 18.2. The van der Waals surface area contributed by atoms with Crippen molar-refractivity contribution in [3.05, 3.63) is 42.2 Å². The summed E-state index contributed by atoms with van der Waals surface area (Å²) in [5, 5.41) is 5.59. The fourth-order valence-corrected chi connectivity index (χ4v) is 2.60. The standard InChI is InChI=1S/C20H25N3O2/c1-13(2)16-9-10-23(22-16)19-12-18(25-20(3,4)5)15-8-7-14(24-6)11-17(15)21-19/h7-13H,1-6H3. The predicted molar refractivity (Wildman–Crippen MR) is 99.9 cm³/mol. The smallest absolute Gasteiger partial charge is 0.157 e. The van der Waals surface area contributed by atoms with Crippen LogP contribution in [0.2, 0.25) is 0 Å². The highest BCUT2D eigenvalue weighted by Gasteiger charge is 2.17. The van der Waals surface area contributed by atoms with Gasteiger partial charge in [0.2, 0.25) is 0 Å². The van der Waals surface area contributed by atoms with Crippen LogP contribution in [0.1, 0.15) is 46.2 Å². The molecule has 0 aliphatic rings. The molecule has 0 amide bonds. The summed E-state index contributed by atoms with van der Waals surface area (Å²) in [5.41, 5.74) is 1.54.